The van der Waals surface area contributed by atoms with Crippen LogP contribution >= 0.6 is 0 Å². The fraction of sp³-hybridized carbons (Fsp3) is 0.385. The van der Waals surface area contributed by atoms with Gasteiger partial charge in [-0.3, -0.25) is 9.59 Å². The smallest absolute Gasteiger partial charge is 0.306 e. The van der Waals surface area contributed by atoms with E-state index in [4.69, 9.17) is 4.74 Å². The van der Waals surface area contributed by atoms with Gasteiger partial charge in [-0.05, 0) is 12.5 Å². The highest BCUT2D eigenvalue weighted by atomic mass is 16.5. The van der Waals surface area contributed by atoms with Gasteiger partial charge >= 0.3 is 5.97 Å². The molecule has 4 nitrogen and oxygen atoms in total. The van der Waals surface area contributed by atoms with Crippen LogP contribution in [0.5, 0.6) is 0 Å². The Morgan fingerprint density at radius 3 is 2.53 bits per heavy atom. The number of hydrogen-bond donors (Lipinski definition) is 1. The summed E-state index contributed by atoms with van der Waals surface area (Å²) >= 11 is 0. The number of nitrogens with one attached hydrogen (secondary N) is 1. The van der Waals surface area contributed by atoms with Crippen LogP contribution in [0.3, 0.4) is 0 Å². The second kappa shape index (κ2) is 7.44. The Balaban J connectivity index is 2.20. The average molecular weight is 235 g/mol. The molecule has 0 aliphatic carbocycles. The van der Waals surface area contributed by atoms with E-state index in [1.165, 1.54) is 0 Å². The fourth-order valence-electron chi connectivity index (χ4n) is 1.33. The first kappa shape index (κ1) is 13.2. The molecule has 0 heterocycles. The van der Waals surface area contributed by atoms with Crippen molar-refractivity contribution in [2.75, 3.05) is 6.61 Å². The van der Waals surface area contributed by atoms with Crippen LogP contribution in [0.4, 0.5) is 0 Å². The van der Waals surface area contributed by atoms with Crippen LogP contribution in [0.15, 0.2) is 30.3 Å². The van der Waals surface area contributed by atoms with E-state index in [-0.39, 0.29) is 24.7 Å². The van der Waals surface area contributed by atoms with Gasteiger partial charge < -0.3 is 10.1 Å². The molecule has 17 heavy (non-hydrogen) atoms. The standard InChI is InChI=1S/C13H17NO3/c1-2-17-13(16)9-8-12(15)14-10-11-6-4-3-5-7-11/h3-7H,2,8-10H2,1H3,(H,14,15). The van der Waals surface area contributed by atoms with Crippen molar-refractivity contribution in [1.29, 1.82) is 0 Å². The molecule has 0 aliphatic rings. The second-order valence-corrected chi connectivity index (χ2v) is 3.57. The first-order valence-corrected chi connectivity index (χ1v) is 5.68. The van der Waals surface area contributed by atoms with Gasteiger partial charge in [0.25, 0.3) is 0 Å². The van der Waals surface area contributed by atoms with Crippen LogP contribution in [0, 0.1) is 0 Å². The number of carbonyl (C=O) groups is 2. The molecule has 1 N–H and O–H groups in total. The molecule has 0 saturated carbocycles. The summed E-state index contributed by atoms with van der Waals surface area (Å²) in [5, 5.41) is 2.75. The molecule has 0 saturated heterocycles. The van der Waals surface area contributed by atoms with E-state index < -0.39 is 0 Å². The number of hydrogen-bond acceptors (Lipinski definition) is 3. The van der Waals surface area contributed by atoms with E-state index >= 15 is 0 Å². The van der Waals surface area contributed by atoms with Crippen LogP contribution < -0.4 is 5.32 Å². The normalized spacial score (nSPS) is 9.71. The monoisotopic (exact) mass is 235 g/mol. The van der Waals surface area contributed by atoms with E-state index in [1.54, 1.807) is 6.92 Å². The Bertz CT molecular complexity index is 362. The lowest BCUT2D eigenvalue weighted by atomic mass is 10.2. The van der Waals surface area contributed by atoms with Gasteiger partial charge in [0.05, 0.1) is 13.0 Å². The third kappa shape index (κ3) is 5.70. The lowest BCUT2D eigenvalue weighted by Crippen LogP contribution is -2.23. The molecule has 0 atom stereocenters. The number of rotatable bonds is 6. The summed E-state index contributed by atoms with van der Waals surface area (Å²) in [4.78, 5) is 22.4. The molecule has 92 valence electrons. The lowest BCUT2D eigenvalue weighted by molar-refractivity contribution is -0.144. The molecule has 1 rings (SSSR count). The average Bonchev–Trinajstić information content (AvgIpc) is 2.35. The number of esters is 1. The summed E-state index contributed by atoms with van der Waals surface area (Å²) in [6, 6.07) is 9.63. The van der Waals surface area contributed by atoms with Crippen molar-refractivity contribution in [3.63, 3.8) is 0 Å². The van der Waals surface area contributed by atoms with Gasteiger partial charge in [-0.15, -0.1) is 0 Å². The van der Waals surface area contributed by atoms with Crippen LogP contribution in [-0.4, -0.2) is 18.5 Å². The zero-order valence-electron chi connectivity index (χ0n) is 9.94. The summed E-state index contributed by atoms with van der Waals surface area (Å²) in [6.07, 6.45) is 0.306. The van der Waals surface area contributed by atoms with E-state index in [0.29, 0.717) is 13.2 Å². The van der Waals surface area contributed by atoms with Gasteiger partial charge in [-0.1, -0.05) is 30.3 Å². The van der Waals surface area contributed by atoms with E-state index in [2.05, 4.69) is 5.32 Å². The van der Waals surface area contributed by atoms with Gasteiger partial charge in [0.15, 0.2) is 0 Å². The number of amides is 1. The first-order chi connectivity index (χ1) is 8.22. The molecular formula is C13H17NO3. The predicted octanol–water partition coefficient (Wildman–Crippen LogP) is 1.65. The molecule has 0 fully saturated rings. The van der Waals surface area contributed by atoms with Gasteiger partial charge in [0.2, 0.25) is 5.91 Å². The van der Waals surface area contributed by atoms with Crippen molar-refractivity contribution in [3.05, 3.63) is 35.9 Å². The zero-order valence-corrected chi connectivity index (χ0v) is 9.94. The molecule has 0 radical (unpaired) electrons. The Morgan fingerprint density at radius 1 is 1.18 bits per heavy atom. The Labute approximate surface area is 101 Å². The van der Waals surface area contributed by atoms with Gasteiger partial charge in [0.1, 0.15) is 0 Å². The van der Waals surface area contributed by atoms with E-state index in [0.717, 1.165) is 5.56 Å². The van der Waals surface area contributed by atoms with Crippen molar-refractivity contribution in [2.24, 2.45) is 0 Å². The number of benzene rings is 1. The SMILES string of the molecule is CCOC(=O)CCC(=O)NCc1ccccc1. The molecule has 1 aromatic carbocycles. The highest BCUT2D eigenvalue weighted by molar-refractivity contribution is 5.81. The largest absolute Gasteiger partial charge is 0.466 e. The van der Waals surface area contributed by atoms with E-state index in [9.17, 15) is 9.59 Å². The third-order valence-corrected chi connectivity index (χ3v) is 2.19. The number of ether oxygens (including phenoxy) is 1. The van der Waals surface area contributed by atoms with Crippen LogP contribution in [0.1, 0.15) is 25.3 Å². The van der Waals surface area contributed by atoms with Crippen LogP contribution in [0.2, 0.25) is 0 Å². The second-order valence-electron chi connectivity index (χ2n) is 3.57. The van der Waals surface area contributed by atoms with Crippen LogP contribution in [-0.2, 0) is 20.9 Å². The molecule has 1 amide bonds. The predicted molar refractivity (Wildman–Crippen MR) is 64.2 cm³/mol. The molecule has 4 heteroatoms. The summed E-state index contributed by atoms with van der Waals surface area (Å²) < 4.78 is 4.74. The summed E-state index contributed by atoms with van der Waals surface area (Å²) in [6.45, 7) is 2.58. The zero-order chi connectivity index (χ0) is 12.5. The summed E-state index contributed by atoms with van der Waals surface area (Å²) in [5.74, 6) is -0.468. The minimum atomic E-state index is -0.331. The molecule has 0 unspecified atom stereocenters. The van der Waals surface area contributed by atoms with Crippen molar-refractivity contribution >= 4 is 11.9 Å². The van der Waals surface area contributed by atoms with Gasteiger partial charge in [-0.25, -0.2) is 0 Å². The Hall–Kier alpha value is -1.84. The molecule has 0 aromatic heterocycles. The topological polar surface area (TPSA) is 55.4 Å². The molecule has 1 aromatic rings. The summed E-state index contributed by atoms with van der Waals surface area (Å²) in [5.41, 5.74) is 1.04. The molecule has 0 bridgehead atoms. The molecule has 0 aliphatic heterocycles. The van der Waals surface area contributed by atoms with Crippen molar-refractivity contribution < 1.29 is 14.3 Å². The Morgan fingerprint density at radius 2 is 1.88 bits per heavy atom. The van der Waals surface area contributed by atoms with Crippen molar-refractivity contribution in [2.45, 2.75) is 26.3 Å². The van der Waals surface area contributed by atoms with Gasteiger partial charge in [-0.2, -0.15) is 0 Å². The van der Waals surface area contributed by atoms with Gasteiger partial charge in [0, 0.05) is 13.0 Å². The highest BCUT2D eigenvalue weighted by Gasteiger charge is 2.06. The maximum atomic E-state index is 11.4. The maximum absolute atomic E-state index is 11.4. The number of carbonyl (C=O) groups excluding carboxylic acids is 2. The molecular weight excluding hydrogens is 218 g/mol. The third-order valence-electron chi connectivity index (χ3n) is 2.19. The fourth-order valence-corrected chi connectivity index (χ4v) is 1.33. The minimum Gasteiger partial charge on any atom is -0.466 e. The van der Waals surface area contributed by atoms with Crippen molar-refractivity contribution in [3.8, 4) is 0 Å². The quantitative estimate of drug-likeness (QED) is 0.763. The lowest BCUT2D eigenvalue weighted by Gasteiger charge is -2.05. The highest BCUT2D eigenvalue weighted by Crippen LogP contribution is 1.98. The summed E-state index contributed by atoms with van der Waals surface area (Å²) in [7, 11) is 0. The Kier molecular flexibility index (Phi) is 5.79. The minimum absolute atomic E-state index is 0.133. The van der Waals surface area contributed by atoms with E-state index in [1.807, 2.05) is 30.3 Å². The maximum Gasteiger partial charge on any atom is 0.306 e. The van der Waals surface area contributed by atoms with Crippen LogP contribution in [0.25, 0.3) is 0 Å². The first-order valence-electron chi connectivity index (χ1n) is 5.68. The molecule has 0 spiro atoms. The van der Waals surface area contributed by atoms with Crippen molar-refractivity contribution in [1.82, 2.24) is 5.32 Å².